The first-order chi connectivity index (χ1) is 7.09. The van der Waals surface area contributed by atoms with Crippen molar-refractivity contribution in [2.24, 2.45) is 5.92 Å². The average molecular weight is 216 g/mol. The minimum absolute atomic E-state index is 0.343. The highest BCUT2D eigenvalue weighted by atomic mass is 16.5. The lowest BCUT2D eigenvalue weighted by Gasteiger charge is -2.12. The van der Waals surface area contributed by atoms with Crippen LogP contribution in [0.25, 0.3) is 0 Å². The Labute approximate surface area is 88.0 Å². The van der Waals surface area contributed by atoms with E-state index in [1.165, 1.54) is 6.92 Å². The second-order valence-electron chi connectivity index (χ2n) is 3.64. The van der Waals surface area contributed by atoms with Gasteiger partial charge in [0, 0.05) is 19.1 Å². The van der Waals surface area contributed by atoms with E-state index in [4.69, 9.17) is 9.84 Å². The van der Waals surface area contributed by atoms with Gasteiger partial charge in [-0.2, -0.15) is 0 Å². The van der Waals surface area contributed by atoms with E-state index >= 15 is 0 Å². The highest BCUT2D eigenvalue weighted by Crippen LogP contribution is 2.10. The molecule has 0 bridgehead atoms. The molecule has 86 valence electrons. The lowest BCUT2D eigenvalue weighted by Crippen LogP contribution is -2.45. The molecule has 1 aliphatic heterocycles. The number of ether oxygens (including phenoxy) is 1. The Bertz CT molecular complexity index is 238. The largest absolute Gasteiger partial charge is 0.480 e. The molecule has 2 atom stereocenters. The van der Waals surface area contributed by atoms with Gasteiger partial charge in [0.25, 0.3) is 0 Å². The number of nitrogens with one attached hydrogen (secondary N) is 2. The molecule has 6 nitrogen and oxygen atoms in total. The van der Waals surface area contributed by atoms with Crippen LogP contribution >= 0.6 is 0 Å². The molecule has 0 saturated carbocycles. The maximum Gasteiger partial charge on any atom is 0.325 e. The zero-order valence-electron chi connectivity index (χ0n) is 8.66. The Hall–Kier alpha value is -1.30. The van der Waals surface area contributed by atoms with Crippen molar-refractivity contribution in [1.82, 2.24) is 10.6 Å². The molecule has 1 heterocycles. The summed E-state index contributed by atoms with van der Waals surface area (Å²) in [4.78, 5) is 21.6. The molecule has 0 aromatic heterocycles. The normalized spacial score (nSPS) is 22.1. The van der Waals surface area contributed by atoms with Crippen LogP contribution in [0.15, 0.2) is 0 Å². The summed E-state index contributed by atoms with van der Waals surface area (Å²) < 4.78 is 5.14. The molecule has 1 saturated heterocycles. The van der Waals surface area contributed by atoms with Gasteiger partial charge in [-0.05, 0) is 13.3 Å². The summed E-state index contributed by atoms with van der Waals surface area (Å²) in [6.07, 6.45) is 0.939. The van der Waals surface area contributed by atoms with Gasteiger partial charge >= 0.3 is 12.0 Å². The quantitative estimate of drug-likeness (QED) is 0.607. The fourth-order valence-corrected chi connectivity index (χ4v) is 1.29. The summed E-state index contributed by atoms with van der Waals surface area (Å²) in [5.74, 6) is -0.703. The van der Waals surface area contributed by atoms with Crippen LogP contribution in [0.4, 0.5) is 4.79 Å². The molecule has 2 amide bonds. The van der Waals surface area contributed by atoms with Crippen molar-refractivity contribution < 1.29 is 19.4 Å². The van der Waals surface area contributed by atoms with E-state index in [-0.39, 0.29) is 0 Å². The zero-order valence-corrected chi connectivity index (χ0v) is 8.66. The molecule has 1 aliphatic rings. The standard InChI is InChI=1S/C9H16N2O4/c1-6(8(12)13)11-9(14)10-4-7-2-3-15-5-7/h6-7H,2-5H2,1H3,(H,12,13)(H2,10,11,14). The van der Waals surface area contributed by atoms with Crippen LogP contribution in [-0.4, -0.2) is 42.9 Å². The maximum atomic E-state index is 11.2. The molecule has 0 aromatic carbocycles. The summed E-state index contributed by atoms with van der Waals surface area (Å²) in [6, 6.07) is -1.32. The molecule has 0 radical (unpaired) electrons. The number of aliphatic carboxylic acids is 1. The number of urea groups is 1. The highest BCUT2D eigenvalue weighted by Gasteiger charge is 2.18. The maximum absolute atomic E-state index is 11.2. The molecule has 15 heavy (non-hydrogen) atoms. The van der Waals surface area contributed by atoms with Gasteiger partial charge in [-0.1, -0.05) is 0 Å². The smallest absolute Gasteiger partial charge is 0.325 e. The van der Waals surface area contributed by atoms with Gasteiger partial charge in [0.15, 0.2) is 0 Å². The van der Waals surface area contributed by atoms with E-state index in [2.05, 4.69) is 10.6 Å². The molecule has 0 aromatic rings. The van der Waals surface area contributed by atoms with Crippen LogP contribution in [0, 0.1) is 5.92 Å². The second-order valence-corrected chi connectivity index (χ2v) is 3.64. The minimum Gasteiger partial charge on any atom is -0.480 e. The molecular formula is C9H16N2O4. The van der Waals surface area contributed by atoms with E-state index in [0.717, 1.165) is 13.0 Å². The zero-order chi connectivity index (χ0) is 11.3. The van der Waals surface area contributed by atoms with E-state index in [1.54, 1.807) is 0 Å². The van der Waals surface area contributed by atoms with Crippen LogP contribution in [0.2, 0.25) is 0 Å². The average Bonchev–Trinajstić information content (AvgIpc) is 2.66. The number of carboxylic acids is 1. The lowest BCUT2D eigenvalue weighted by atomic mass is 10.1. The van der Waals surface area contributed by atoms with Gasteiger partial charge in [-0.25, -0.2) is 4.79 Å². The Balaban J connectivity index is 2.15. The molecule has 6 heteroatoms. The van der Waals surface area contributed by atoms with Crippen LogP contribution in [-0.2, 0) is 9.53 Å². The molecule has 3 N–H and O–H groups in total. The Morgan fingerprint density at radius 1 is 1.60 bits per heavy atom. The Morgan fingerprint density at radius 2 is 2.33 bits per heavy atom. The second kappa shape index (κ2) is 5.55. The van der Waals surface area contributed by atoms with Crippen molar-refractivity contribution >= 4 is 12.0 Å². The van der Waals surface area contributed by atoms with Gasteiger partial charge in [0.1, 0.15) is 6.04 Å². The van der Waals surface area contributed by atoms with Crippen LogP contribution < -0.4 is 10.6 Å². The van der Waals surface area contributed by atoms with Gasteiger partial charge in [0.05, 0.1) is 6.61 Å². The number of carboxylic acid groups (broad SMARTS) is 1. The summed E-state index contributed by atoms with van der Waals surface area (Å²) in [5, 5.41) is 13.5. The third kappa shape index (κ3) is 4.16. The van der Waals surface area contributed by atoms with Crippen LogP contribution in [0.5, 0.6) is 0 Å². The van der Waals surface area contributed by atoms with Gasteiger partial charge < -0.3 is 20.5 Å². The van der Waals surface area contributed by atoms with Crippen LogP contribution in [0.1, 0.15) is 13.3 Å². The van der Waals surface area contributed by atoms with Gasteiger partial charge in [-0.15, -0.1) is 0 Å². The summed E-state index contributed by atoms with van der Waals surface area (Å²) >= 11 is 0. The first-order valence-electron chi connectivity index (χ1n) is 4.94. The third-order valence-electron chi connectivity index (χ3n) is 2.29. The number of carbonyl (C=O) groups excluding carboxylic acids is 1. The van der Waals surface area contributed by atoms with Crippen molar-refractivity contribution in [2.45, 2.75) is 19.4 Å². The SMILES string of the molecule is CC(NC(=O)NCC1CCOC1)C(=O)O. The summed E-state index contributed by atoms with van der Waals surface area (Å²) in [5.41, 5.74) is 0. The van der Waals surface area contributed by atoms with Crippen molar-refractivity contribution in [3.63, 3.8) is 0 Å². The van der Waals surface area contributed by atoms with Gasteiger partial charge in [0.2, 0.25) is 0 Å². The van der Waals surface area contributed by atoms with E-state index in [0.29, 0.717) is 19.1 Å². The first-order valence-corrected chi connectivity index (χ1v) is 4.94. The number of hydrogen-bond acceptors (Lipinski definition) is 3. The highest BCUT2D eigenvalue weighted by molar-refractivity contribution is 5.82. The van der Waals surface area contributed by atoms with Crippen LogP contribution in [0.3, 0.4) is 0 Å². The monoisotopic (exact) mass is 216 g/mol. The van der Waals surface area contributed by atoms with Crippen molar-refractivity contribution in [3.8, 4) is 0 Å². The Morgan fingerprint density at radius 3 is 2.87 bits per heavy atom. The molecular weight excluding hydrogens is 200 g/mol. The molecule has 0 aliphatic carbocycles. The van der Waals surface area contributed by atoms with Crippen molar-refractivity contribution in [1.29, 1.82) is 0 Å². The fraction of sp³-hybridized carbons (Fsp3) is 0.778. The minimum atomic E-state index is -1.05. The lowest BCUT2D eigenvalue weighted by molar-refractivity contribution is -0.138. The Kier molecular flexibility index (Phi) is 4.36. The predicted octanol–water partition coefficient (Wildman–Crippen LogP) is -0.205. The van der Waals surface area contributed by atoms with Crippen molar-refractivity contribution in [3.05, 3.63) is 0 Å². The topological polar surface area (TPSA) is 87.7 Å². The van der Waals surface area contributed by atoms with E-state index in [9.17, 15) is 9.59 Å². The van der Waals surface area contributed by atoms with Gasteiger partial charge in [-0.3, -0.25) is 4.79 Å². The fourth-order valence-electron chi connectivity index (χ4n) is 1.29. The molecule has 0 spiro atoms. The third-order valence-corrected chi connectivity index (χ3v) is 2.29. The molecule has 1 rings (SSSR count). The van der Waals surface area contributed by atoms with Crippen molar-refractivity contribution in [2.75, 3.05) is 19.8 Å². The number of amides is 2. The van der Waals surface area contributed by atoms with E-state index < -0.39 is 18.0 Å². The predicted molar refractivity (Wildman–Crippen MR) is 52.6 cm³/mol. The first kappa shape index (κ1) is 11.8. The summed E-state index contributed by atoms with van der Waals surface area (Å²) in [6.45, 7) is 3.34. The molecule has 1 fully saturated rings. The number of rotatable bonds is 4. The number of hydrogen-bond donors (Lipinski definition) is 3. The van der Waals surface area contributed by atoms with E-state index in [1.807, 2.05) is 0 Å². The summed E-state index contributed by atoms with van der Waals surface area (Å²) in [7, 11) is 0. The number of carbonyl (C=O) groups is 2. The molecule has 2 unspecified atom stereocenters.